The smallest absolute Gasteiger partial charge is 0.0935 e. The van der Waals surface area contributed by atoms with E-state index in [1.807, 2.05) is 0 Å². The van der Waals surface area contributed by atoms with Gasteiger partial charge in [-0.1, -0.05) is 37.3 Å². The summed E-state index contributed by atoms with van der Waals surface area (Å²) in [4.78, 5) is 0. The third-order valence-corrected chi connectivity index (χ3v) is 3.83. The van der Waals surface area contributed by atoms with Gasteiger partial charge >= 0.3 is 0 Å². The quantitative estimate of drug-likeness (QED) is 0.617. The van der Waals surface area contributed by atoms with Gasteiger partial charge in [-0.25, -0.2) is 0 Å². The van der Waals surface area contributed by atoms with Crippen molar-refractivity contribution in [3.8, 4) is 0 Å². The fourth-order valence-corrected chi connectivity index (χ4v) is 2.86. The molecule has 2 fully saturated rings. The Hall–Kier alpha value is -0.820. The van der Waals surface area contributed by atoms with Crippen molar-refractivity contribution in [3.63, 3.8) is 0 Å². The van der Waals surface area contributed by atoms with Crippen LogP contribution in [-0.4, -0.2) is 12.2 Å². The summed E-state index contributed by atoms with van der Waals surface area (Å²) in [6.07, 6.45) is 4.92. The van der Waals surface area contributed by atoms with Gasteiger partial charge < -0.3 is 4.74 Å². The van der Waals surface area contributed by atoms with Gasteiger partial charge in [0.05, 0.1) is 12.2 Å². The predicted molar refractivity (Wildman–Crippen MR) is 56.3 cm³/mol. The first-order valence-electron chi connectivity index (χ1n) is 5.52. The maximum atomic E-state index is 5.75. The minimum absolute atomic E-state index is 0.282. The maximum absolute atomic E-state index is 5.75. The molecule has 0 N–H and O–H groups in total. The predicted octanol–water partition coefficient (Wildman–Crippen LogP) is 2.90. The average Bonchev–Trinajstić information content (AvgIpc) is 3.00. The van der Waals surface area contributed by atoms with Crippen LogP contribution in [0.15, 0.2) is 30.3 Å². The summed E-state index contributed by atoms with van der Waals surface area (Å²) in [7, 11) is 0. The number of epoxide rings is 1. The van der Waals surface area contributed by atoms with E-state index in [2.05, 4.69) is 37.3 Å². The zero-order valence-electron chi connectivity index (χ0n) is 8.57. The van der Waals surface area contributed by atoms with E-state index in [9.17, 15) is 0 Å². The molecule has 3 atom stereocenters. The van der Waals surface area contributed by atoms with Crippen molar-refractivity contribution in [2.24, 2.45) is 0 Å². The van der Waals surface area contributed by atoms with Crippen molar-refractivity contribution in [1.82, 2.24) is 0 Å². The Morgan fingerprint density at radius 1 is 1.29 bits per heavy atom. The zero-order valence-corrected chi connectivity index (χ0v) is 8.57. The number of fused-ring (bicyclic) bond motifs is 1. The Balaban J connectivity index is 1.96. The van der Waals surface area contributed by atoms with E-state index < -0.39 is 0 Å². The number of ether oxygens (including phenoxy) is 1. The van der Waals surface area contributed by atoms with Crippen molar-refractivity contribution in [3.05, 3.63) is 35.9 Å². The van der Waals surface area contributed by atoms with E-state index in [-0.39, 0.29) is 5.41 Å². The van der Waals surface area contributed by atoms with Crippen LogP contribution in [0.2, 0.25) is 0 Å². The minimum Gasteiger partial charge on any atom is -0.369 e. The monoisotopic (exact) mass is 188 g/mol. The van der Waals surface area contributed by atoms with Crippen LogP contribution in [0, 0.1) is 0 Å². The minimum atomic E-state index is 0.282. The molecule has 2 aliphatic rings. The maximum Gasteiger partial charge on any atom is 0.0935 e. The van der Waals surface area contributed by atoms with Gasteiger partial charge in [0.25, 0.3) is 0 Å². The van der Waals surface area contributed by atoms with Gasteiger partial charge in [-0.2, -0.15) is 0 Å². The summed E-state index contributed by atoms with van der Waals surface area (Å²) >= 11 is 0. The molecule has 1 aromatic carbocycles. The summed E-state index contributed by atoms with van der Waals surface area (Å²) in [5.74, 6) is 0. The Kier molecular flexibility index (Phi) is 1.72. The summed E-state index contributed by atoms with van der Waals surface area (Å²) in [5.41, 5.74) is 1.73. The third kappa shape index (κ3) is 1.12. The molecule has 1 aromatic rings. The fraction of sp³-hybridized carbons (Fsp3) is 0.538. The topological polar surface area (TPSA) is 12.5 Å². The Labute approximate surface area is 85.1 Å². The molecule has 1 aliphatic heterocycles. The molecule has 74 valence electrons. The zero-order chi connectivity index (χ0) is 9.60. The van der Waals surface area contributed by atoms with Crippen LogP contribution in [0.4, 0.5) is 0 Å². The van der Waals surface area contributed by atoms with Crippen LogP contribution in [-0.2, 0) is 10.2 Å². The molecule has 1 saturated carbocycles. The standard InChI is InChI=1S/C13H16O/c1-13(10-6-3-2-4-7-10)9-5-8-11-12(13)14-11/h2-4,6-7,11-12H,5,8-9H2,1H3/t11-,12+,13?/m0/s1. The number of rotatable bonds is 1. The van der Waals surface area contributed by atoms with Crippen molar-refractivity contribution >= 4 is 0 Å². The van der Waals surface area contributed by atoms with E-state index in [1.165, 1.54) is 24.8 Å². The van der Waals surface area contributed by atoms with Crippen LogP contribution < -0.4 is 0 Å². The van der Waals surface area contributed by atoms with E-state index in [0.717, 1.165) is 0 Å². The van der Waals surface area contributed by atoms with Gasteiger partial charge in [-0.05, 0) is 24.8 Å². The largest absolute Gasteiger partial charge is 0.369 e. The van der Waals surface area contributed by atoms with Crippen LogP contribution in [0.1, 0.15) is 31.7 Å². The van der Waals surface area contributed by atoms with E-state index in [4.69, 9.17) is 4.74 Å². The normalized spacial score (nSPS) is 40.4. The second kappa shape index (κ2) is 2.83. The van der Waals surface area contributed by atoms with Crippen molar-refractivity contribution in [1.29, 1.82) is 0 Å². The van der Waals surface area contributed by atoms with Crippen molar-refractivity contribution < 1.29 is 4.74 Å². The fourth-order valence-electron chi connectivity index (χ4n) is 2.86. The summed E-state index contributed by atoms with van der Waals surface area (Å²) in [6, 6.07) is 10.8. The van der Waals surface area contributed by atoms with Gasteiger partial charge in [0, 0.05) is 5.41 Å². The lowest BCUT2D eigenvalue weighted by molar-refractivity contribution is 0.293. The molecule has 1 heteroatoms. The highest BCUT2D eigenvalue weighted by Crippen LogP contribution is 2.50. The van der Waals surface area contributed by atoms with Crippen LogP contribution in [0.25, 0.3) is 0 Å². The molecular weight excluding hydrogens is 172 g/mol. The molecule has 1 heterocycles. The molecule has 1 nitrogen and oxygen atoms in total. The van der Waals surface area contributed by atoms with Gasteiger partial charge in [0.2, 0.25) is 0 Å². The van der Waals surface area contributed by atoms with Gasteiger partial charge in [-0.3, -0.25) is 0 Å². The summed E-state index contributed by atoms with van der Waals surface area (Å²) in [6.45, 7) is 2.35. The number of benzene rings is 1. The third-order valence-electron chi connectivity index (χ3n) is 3.83. The number of hydrogen-bond acceptors (Lipinski definition) is 1. The lowest BCUT2D eigenvalue weighted by atomic mass is 9.71. The van der Waals surface area contributed by atoms with E-state index >= 15 is 0 Å². The second-order valence-corrected chi connectivity index (χ2v) is 4.77. The second-order valence-electron chi connectivity index (χ2n) is 4.77. The van der Waals surface area contributed by atoms with Gasteiger partial charge in [0.1, 0.15) is 0 Å². The average molecular weight is 188 g/mol. The Morgan fingerprint density at radius 2 is 2.07 bits per heavy atom. The molecule has 1 aliphatic carbocycles. The molecular formula is C13H16O. The highest BCUT2D eigenvalue weighted by molar-refractivity contribution is 5.29. The molecule has 0 bridgehead atoms. The summed E-state index contributed by atoms with van der Waals surface area (Å²) in [5, 5.41) is 0. The van der Waals surface area contributed by atoms with Crippen molar-refractivity contribution in [2.75, 3.05) is 0 Å². The highest BCUT2D eigenvalue weighted by atomic mass is 16.6. The first kappa shape index (κ1) is 8.49. The first-order valence-corrected chi connectivity index (χ1v) is 5.52. The number of hydrogen-bond donors (Lipinski definition) is 0. The van der Waals surface area contributed by atoms with Crippen molar-refractivity contribution in [2.45, 2.75) is 43.8 Å². The molecule has 0 amide bonds. The molecule has 0 radical (unpaired) electrons. The highest BCUT2D eigenvalue weighted by Gasteiger charge is 2.54. The van der Waals surface area contributed by atoms with E-state index in [1.54, 1.807) is 0 Å². The molecule has 1 unspecified atom stereocenters. The molecule has 0 aromatic heterocycles. The van der Waals surface area contributed by atoms with E-state index in [0.29, 0.717) is 12.2 Å². The van der Waals surface area contributed by atoms with Gasteiger partial charge in [-0.15, -0.1) is 0 Å². The van der Waals surface area contributed by atoms with Crippen LogP contribution in [0.3, 0.4) is 0 Å². The van der Waals surface area contributed by atoms with Gasteiger partial charge in [0.15, 0.2) is 0 Å². The molecule has 14 heavy (non-hydrogen) atoms. The lowest BCUT2D eigenvalue weighted by Crippen LogP contribution is -2.33. The van der Waals surface area contributed by atoms with Crippen LogP contribution >= 0.6 is 0 Å². The van der Waals surface area contributed by atoms with Crippen LogP contribution in [0.5, 0.6) is 0 Å². The lowest BCUT2D eigenvalue weighted by Gasteiger charge is -2.31. The molecule has 0 spiro atoms. The Morgan fingerprint density at radius 3 is 2.86 bits per heavy atom. The first-order chi connectivity index (χ1) is 6.81. The summed E-state index contributed by atoms with van der Waals surface area (Å²) < 4.78 is 5.75. The molecule has 1 saturated heterocycles. The SMILES string of the molecule is CC1(c2ccccc2)CCC[C@@H]2O[C@H]21. The molecule has 3 rings (SSSR count). The Bertz CT molecular complexity index is 332.